The van der Waals surface area contributed by atoms with Crippen molar-refractivity contribution < 1.29 is 13.2 Å². The molecule has 7 nitrogen and oxygen atoms in total. The molecular weight excluding hydrogens is 661 g/mol. The van der Waals surface area contributed by atoms with Gasteiger partial charge in [-0.15, -0.1) is 0 Å². The Hall–Kier alpha value is -3.02. The van der Waals surface area contributed by atoms with Gasteiger partial charge < -0.3 is 4.74 Å². The molecule has 50 heavy (non-hydrogen) atoms. The lowest BCUT2D eigenvalue weighted by molar-refractivity contribution is 0.0342. The summed E-state index contributed by atoms with van der Waals surface area (Å²) in [5.41, 5.74) is 6.11. The van der Waals surface area contributed by atoms with Gasteiger partial charge in [-0.05, 0) is 108 Å². The second-order valence-electron chi connectivity index (χ2n) is 14.2. The lowest BCUT2D eigenvalue weighted by atomic mass is 9.89. The molecular formula is C41H50N4O3S2. The zero-order chi connectivity index (χ0) is 34.2. The molecule has 9 heteroatoms. The van der Waals surface area contributed by atoms with Crippen molar-refractivity contribution in [3.63, 3.8) is 0 Å². The second-order valence-corrected chi connectivity index (χ2v) is 17.1. The molecule has 264 valence electrons. The molecule has 2 heterocycles. The Labute approximate surface area is 303 Å². The van der Waals surface area contributed by atoms with E-state index in [0.29, 0.717) is 10.8 Å². The summed E-state index contributed by atoms with van der Waals surface area (Å²) in [4.78, 5) is 6.51. The first-order chi connectivity index (χ1) is 24.4. The Morgan fingerprint density at radius 3 is 2.18 bits per heavy atom. The highest BCUT2D eigenvalue weighted by molar-refractivity contribution is 7.97. The maximum absolute atomic E-state index is 13.2. The van der Waals surface area contributed by atoms with E-state index in [0.717, 1.165) is 95.5 Å². The van der Waals surface area contributed by atoms with Gasteiger partial charge in [-0.3, -0.25) is 9.80 Å². The maximum atomic E-state index is 13.2. The number of nitrogens with one attached hydrogen (secondary N) is 1. The van der Waals surface area contributed by atoms with Gasteiger partial charge in [-0.25, -0.2) is 17.4 Å². The Kier molecular flexibility index (Phi) is 12.0. The lowest BCUT2D eigenvalue weighted by Crippen LogP contribution is -2.35. The molecule has 3 aliphatic rings. The van der Waals surface area contributed by atoms with Crippen molar-refractivity contribution in [1.29, 1.82) is 0 Å². The molecule has 2 aliphatic heterocycles. The number of benzene rings is 4. The zero-order valence-electron chi connectivity index (χ0n) is 29.0. The molecule has 1 N–H and O–H groups in total. The van der Waals surface area contributed by atoms with Crippen LogP contribution in [-0.4, -0.2) is 68.5 Å². The van der Waals surface area contributed by atoms with Crippen molar-refractivity contribution >= 4 is 22.0 Å². The molecule has 1 unspecified atom stereocenters. The molecule has 3 fully saturated rings. The fraction of sp³-hybridized carbons (Fsp3) is 0.415. The number of likely N-dealkylation sites (tertiary alicyclic amines) is 1. The molecule has 1 saturated carbocycles. The molecule has 0 bridgehead atoms. The fourth-order valence-electron chi connectivity index (χ4n) is 7.05. The first-order valence-electron chi connectivity index (χ1n) is 18.2. The molecule has 4 aromatic carbocycles. The maximum Gasteiger partial charge on any atom is 0.240 e. The van der Waals surface area contributed by atoms with Crippen LogP contribution in [0.3, 0.4) is 0 Å². The number of hydrogen-bond donors (Lipinski definition) is 1. The predicted octanol–water partition coefficient (Wildman–Crippen LogP) is 7.30. The summed E-state index contributed by atoms with van der Waals surface area (Å²) in [5, 5.41) is 0. The highest BCUT2D eigenvalue weighted by Gasteiger charge is 2.25. The van der Waals surface area contributed by atoms with Crippen LogP contribution < -0.4 is 4.72 Å². The van der Waals surface area contributed by atoms with Gasteiger partial charge in [-0.1, -0.05) is 78.9 Å². The molecule has 1 atom stereocenters. The van der Waals surface area contributed by atoms with Gasteiger partial charge >= 0.3 is 0 Å². The van der Waals surface area contributed by atoms with Crippen molar-refractivity contribution in [2.24, 2.45) is 5.92 Å². The van der Waals surface area contributed by atoms with Gasteiger partial charge in [0.25, 0.3) is 0 Å². The fourth-order valence-corrected chi connectivity index (χ4v) is 9.13. The largest absolute Gasteiger partial charge is 0.379 e. The molecule has 7 rings (SSSR count). The Balaban J connectivity index is 0.905. The summed E-state index contributed by atoms with van der Waals surface area (Å²) in [7, 11) is -3.61. The number of piperidine rings is 1. The summed E-state index contributed by atoms with van der Waals surface area (Å²) >= 11 is 1.89. The normalized spacial score (nSPS) is 19.2. The van der Waals surface area contributed by atoms with Crippen LogP contribution in [-0.2, 0) is 40.9 Å². The van der Waals surface area contributed by atoms with E-state index in [2.05, 4.69) is 91.6 Å². The minimum Gasteiger partial charge on any atom is -0.379 e. The van der Waals surface area contributed by atoms with E-state index in [-0.39, 0.29) is 6.54 Å². The average Bonchev–Trinajstić information content (AvgIpc) is 3.97. The first-order valence-corrected chi connectivity index (χ1v) is 20.5. The van der Waals surface area contributed by atoms with E-state index >= 15 is 0 Å². The highest BCUT2D eigenvalue weighted by atomic mass is 32.2. The Morgan fingerprint density at radius 2 is 1.44 bits per heavy atom. The van der Waals surface area contributed by atoms with E-state index < -0.39 is 10.0 Å². The van der Waals surface area contributed by atoms with Crippen molar-refractivity contribution in [2.75, 3.05) is 45.9 Å². The molecule has 4 aromatic rings. The monoisotopic (exact) mass is 710 g/mol. The van der Waals surface area contributed by atoms with Crippen LogP contribution in [0.25, 0.3) is 0 Å². The first kappa shape index (κ1) is 35.4. The van der Waals surface area contributed by atoms with E-state index in [1.807, 2.05) is 30.1 Å². The molecule has 0 amide bonds. The van der Waals surface area contributed by atoms with Gasteiger partial charge in [0.2, 0.25) is 10.0 Å². The minimum atomic E-state index is -3.61. The molecule has 0 spiro atoms. The summed E-state index contributed by atoms with van der Waals surface area (Å²) in [5.74, 6) is 1.28. The smallest absolute Gasteiger partial charge is 0.240 e. The van der Waals surface area contributed by atoms with Gasteiger partial charge in [0, 0.05) is 57.3 Å². The van der Waals surface area contributed by atoms with Crippen molar-refractivity contribution in [2.45, 2.75) is 67.6 Å². The quantitative estimate of drug-likeness (QED) is 0.130. The number of morpholine rings is 1. The molecule has 1 aliphatic carbocycles. The molecule has 2 saturated heterocycles. The third kappa shape index (κ3) is 10.3. The van der Waals surface area contributed by atoms with Gasteiger partial charge in [0.1, 0.15) is 0 Å². The Morgan fingerprint density at radius 1 is 0.740 bits per heavy atom. The van der Waals surface area contributed by atoms with E-state index in [9.17, 15) is 8.42 Å². The third-order valence-corrected chi connectivity index (χ3v) is 12.5. The summed E-state index contributed by atoms with van der Waals surface area (Å²) in [6.07, 6.45) is 5.02. The molecule has 0 aromatic heterocycles. The predicted molar refractivity (Wildman–Crippen MR) is 202 cm³/mol. The van der Waals surface area contributed by atoms with Gasteiger partial charge in [0.05, 0.1) is 18.1 Å². The Bertz CT molecular complexity index is 1760. The zero-order valence-corrected chi connectivity index (χ0v) is 30.6. The van der Waals surface area contributed by atoms with Crippen LogP contribution in [0, 0.1) is 5.92 Å². The van der Waals surface area contributed by atoms with Crippen LogP contribution in [0.15, 0.2) is 113 Å². The number of hydrogen-bond acceptors (Lipinski definition) is 7. The standard InChI is InChI=1S/C41H50N4O3S2/c46-50(47,41-19-15-35(16-20-41)28-43-22-24-48-25-23-43)42-27-37-8-4-9-38(26-37)39-10-5-21-44(32-39)29-34-13-17-40(18-14-34)49-45(31-36-11-12-36)30-33-6-2-1-3-7-33/h1-4,6-9,13-20,26,36,39,42H,5,10-12,21-25,27-32H2. The minimum absolute atomic E-state index is 0.274. The van der Waals surface area contributed by atoms with E-state index in [1.54, 1.807) is 12.1 Å². The van der Waals surface area contributed by atoms with Crippen LogP contribution in [0.5, 0.6) is 0 Å². The number of nitrogens with zero attached hydrogens (tertiary/aromatic N) is 3. The summed E-state index contributed by atoms with van der Waals surface area (Å²) in [6, 6.07) is 35.7. The average molecular weight is 711 g/mol. The van der Waals surface area contributed by atoms with E-state index in [1.165, 1.54) is 34.4 Å². The lowest BCUT2D eigenvalue weighted by Gasteiger charge is -2.33. The van der Waals surface area contributed by atoms with Crippen LogP contribution in [0.4, 0.5) is 0 Å². The van der Waals surface area contributed by atoms with Crippen molar-refractivity contribution in [3.05, 3.63) is 131 Å². The highest BCUT2D eigenvalue weighted by Crippen LogP contribution is 2.35. The van der Waals surface area contributed by atoms with Crippen LogP contribution in [0.2, 0.25) is 0 Å². The second kappa shape index (κ2) is 17.0. The number of rotatable bonds is 15. The number of sulfonamides is 1. The van der Waals surface area contributed by atoms with Crippen LogP contribution in [0.1, 0.15) is 59.4 Å². The van der Waals surface area contributed by atoms with Crippen molar-refractivity contribution in [1.82, 2.24) is 18.8 Å². The van der Waals surface area contributed by atoms with E-state index in [4.69, 9.17) is 4.74 Å². The summed E-state index contributed by atoms with van der Waals surface area (Å²) < 4.78 is 37.1. The van der Waals surface area contributed by atoms with Gasteiger partial charge in [-0.2, -0.15) is 0 Å². The SMILES string of the molecule is O=S(=O)(NCc1cccc(C2CCCN(Cc3ccc(SN(Cc4ccccc4)CC4CC4)cc3)C2)c1)c1ccc(CN2CCOCC2)cc1. The number of ether oxygens (including phenoxy) is 1. The molecule has 0 radical (unpaired) electrons. The topological polar surface area (TPSA) is 65.1 Å². The third-order valence-electron chi connectivity index (χ3n) is 10.1. The summed E-state index contributed by atoms with van der Waals surface area (Å²) in [6.45, 7) is 9.56. The van der Waals surface area contributed by atoms with Crippen LogP contribution >= 0.6 is 11.9 Å². The van der Waals surface area contributed by atoms with Gasteiger partial charge in [0.15, 0.2) is 0 Å². The van der Waals surface area contributed by atoms with Crippen molar-refractivity contribution in [3.8, 4) is 0 Å².